The van der Waals surface area contributed by atoms with Crippen molar-refractivity contribution < 1.29 is 23.8 Å². The molecule has 2 aromatic carbocycles. The van der Waals surface area contributed by atoms with Gasteiger partial charge in [-0.1, -0.05) is 42.8 Å². The predicted molar refractivity (Wildman–Crippen MR) is 121 cm³/mol. The molecule has 3 aliphatic rings. The zero-order valence-electron chi connectivity index (χ0n) is 18.6. The molecule has 33 heavy (non-hydrogen) atoms. The maximum Gasteiger partial charge on any atom is 0.286 e. The van der Waals surface area contributed by atoms with Crippen molar-refractivity contribution in [2.24, 2.45) is 11.8 Å². The Hall–Kier alpha value is -2.70. The second kappa shape index (κ2) is 9.65. The second-order valence-electron chi connectivity index (χ2n) is 9.51. The third-order valence-corrected chi connectivity index (χ3v) is 7.28. The van der Waals surface area contributed by atoms with E-state index in [0.29, 0.717) is 18.9 Å². The monoisotopic (exact) mass is 451 g/mol. The number of carbonyl (C=O) groups is 1. The van der Waals surface area contributed by atoms with Crippen molar-refractivity contribution >= 4 is 5.91 Å². The van der Waals surface area contributed by atoms with E-state index in [1.54, 1.807) is 12.1 Å². The van der Waals surface area contributed by atoms with Crippen molar-refractivity contribution in [2.75, 3.05) is 0 Å². The normalized spacial score (nSPS) is 28.3. The van der Waals surface area contributed by atoms with E-state index in [-0.39, 0.29) is 36.1 Å². The minimum atomic E-state index is -0.594. The van der Waals surface area contributed by atoms with Crippen molar-refractivity contribution in [2.45, 2.75) is 63.6 Å². The summed E-state index contributed by atoms with van der Waals surface area (Å²) in [5.74, 6) is 0.996. The van der Waals surface area contributed by atoms with Crippen LogP contribution in [0.15, 0.2) is 60.4 Å². The molecule has 0 spiro atoms. The maximum atomic E-state index is 13.5. The Morgan fingerprint density at radius 2 is 1.79 bits per heavy atom. The highest BCUT2D eigenvalue weighted by Crippen LogP contribution is 2.44. The van der Waals surface area contributed by atoms with Crippen LogP contribution in [0.4, 0.5) is 4.39 Å². The maximum absolute atomic E-state index is 13.5. The number of halogens is 1. The molecule has 0 aromatic heterocycles. The Labute approximate surface area is 193 Å². The highest BCUT2D eigenvalue weighted by molar-refractivity contribution is 5.92. The zero-order valence-corrected chi connectivity index (χ0v) is 18.6. The Balaban J connectivity index is 1.29. The fourth-order valence-electron chi connectivity index (χ4n) is 5.45. The average Bonchev–Trinajstić information content (AvgIpc) is 3.47. The molecule has 5 nitrogen and oxygen atoms in total. The van der Waals surface area contributed by atoms with Crippen LogP contribution in [-0.4, -0.2) is 23.3 Å². The van der Waals surface area contributed by atoms with Gasteiger partial charge in [0.2, 0.25) is 6.29 Å². The highest BCUT2D eigenvalue weighted by Gasteiger charge is 2.41. The fraction of sp³-hybridized carbons (Fsp3) is 0.444. The molecule has 0 radical (unpaired) electrons. The Morgan fingerprint density at radius 1 is 1.03 bits per heavy atom. The number of aliphatic hydroxyl groups is 1. The molecule has 2 aliphatic carbocycles. The van der Waals surface area contributed by atoms with Gasteiger partial charge < -0.3 is 19.9 Å². The van der Waals surface area contributed by atoms with Crippen LogP contribution in [0.5, 0.6) is 0 Å². The minimum absolute atomic E-state index is 0.00190. The molecule has 5 rings (SSSR count). The number of amides is 1. The van der Waals surface area contributed by atoms with Crippen molar-refractivity contribution in [1.82, 2.24) is 5.32 Å². The summed E-state index contributed by atoms with van der Waals surface area (Å²) < 4.78 is 25.5. The Bertz CT molecular complexity index is 1000. The molecule has 2 aromatic rings. The van der Waals surface area contributed by atoms with Crippen LogP contribution in [0.25, 0.3) is 0 Å². The average molecular weight is 452 g/mol. The van der Waals surface area contributed by atoms with E-state index in [1.165, 1.54) is 31.4 Å². The van der Waals surface area contributed by atoms with Crippen LogP contribution in [0, 0.1) is 17.7 Å². The van der Waals surface area contributed by atoms with E-state index in [0.717, 1.165) is 29.0 Å². The van der Waals surface area contributed by atoms with Crippen LogP contribution < -0.4 is 5.32 Å². The first-order valence-corrected chi connectivity index (χ1v) is 11.8. The van der Waals surface area contributed by atoms with Gasteiger partial charge in [0.05, 0.1) is 13.2 Å². The summed E-state index contributed by atoms with van der Waals surface area (Å²) in [5.41, 5.74) is 2.72. The number of nitrogens with one attached hydrogen (secondary N) is 1. The van der Waals surface area contributed by atoms with Gasteiger partial charge in [-0.05, 0) is 66.0 Å². The molecular weight excluding hydrogens is 421 g/mol. The van der Waals surface area contributed by atoms with Gasteiger partial charge in [-0.2, -0.15) is 0 Å². The molecule has 1 aliphatic heterocycles. The number of fused-ring (bicyclic) bond motifs is 2. The lowest BCUT2D eigenvalue weighted by Crippen LogP contribution is -2.41. The van der Waals surface area contributed by atoms with Crippen molar-refractivity contribution in [3.05, 3.63) is 82.9 Å². The summed E-state index contributed by atoms with van der Waals surface area (Å²) in [7, 11) is 0. The molecule has 2 N–H and O–H groups in total. The number of aliphatic hydroxyl groups excluding tert-OH is 1. The van der Waals surface area contributed by atoms with Gasteiger partial charge in [-0.3, -0.25) is 4.79 Å². The molecule has 2 fully saturated rings. The van der Waals surface area contributed by atoms with Gasteiger partial charge >= 0.3 is 0 Å². The fourth-order valence-corrected chi connectivity index (χ4v) is 5.45. The Kier molecular flexibility index (Phi) is 6.47. The summed E-state index contributed by atoms with van der Waals surface area (Å²) in [4.78, 5) is 13.1. The highest BCUT2D eigenvalue weighted by atomic mass is 19.1. The van der Waals surface area contributed by atoms with Crippen LogP contribution in [0.3, 0.4) is 0 Å². The zero-order chi connectivity index (χ0) is 22.8. The summed E-state index contributed by atoms with van der Waals surface area (Å²) in [6.45, 7) is 0.325. The molecule has 2 saturated carbocycles. The summed E-state index contributed by atoms with van der Waals surface area (Å²) in [5, 5.41) is 12.4. The standard InChI is InChI=1S/C27H30FNO4/c28-23-9-7-20(8-10-23)22-13-25(27(31)29-24-12-19-5-6-21(24)11-19)33-26(14-22)32-16-18-3-1-17(15-30)2-4-18/h1-4,7-10,13,19,21-22,24,26,30H,5-6,11-12,14-16H2,(H,29,31)/t19?,21?,22-,24?,26+/m0/s1. The lowest BCUT2D eigenvalue weighted by atomic mass is 9.92. The number of benzene rings is 2. The summed E-state index contributed by atoms with van der Waals surface area (Å²) >= 11 is 0. The smallest absolute Gasteiger partial charge is 0.286 e. The van der Waals surface area contributed by atoms with Crippen molar-refractivity contribution in [3.63, 3.8) is 0 Å². The topological polar surface area (TPSA) is 67.8 Å². The predicted octanol–water partition coefficient (Wildman–Crippen LogP) is 4.55. The molecule has 1 heterocycles. The summed E-state index contributed by atoms with van der Waals surface area (Å²) in [6, 6.07) is 14.1. The number of hydrogen-bond donors (Lipinski definition) is 2. The molecule has 174 valence electrons. The van der Waals surface area contributed by atoms with Crippen LogP contribution in [0.1, 0.15) is 54.7 Å². The summed E-state index contributed by atoms with van der Waals surface area (Å²) in [6.07, 6.45) is 6.51. The van der Waals surface area contributed by atoms with Crippen molar-refractivity contribution in [1.29, 1.82) is 0 Å². The minimum Gasteiger partial charge on any atom is -0.459 e. The molecule has 5 atom stereocenters. The van der Waals surface area contributed by atoms with Gasteiger partial charge in [-0.15, -0.1) is 0 Å². The van der Waals surface area contributed by atoms with E-state index in [2.05, 4.69) is 5.32 Å². The molecule has 0 saturated heterocycles. The Morgan fingerprint density at radius 3 is 2.45 bits per heavy atom. The van der Waals surface area contributed by atoms with Crippen LogP contribution in [0.2, 0.25) is 0 Å². The van der Waals surface area contributed by atoms with Crippen molar-refractivity contribution in [3.8, 4) is 0 Å². The van der Waals surface area contributed by atoms with Gasteiger partial charge in [0, 0.05) is 18.4 Å². The number of hydrogen-bond acceptors (Lipinski definition) is 4. The second-order valence-corrected chi connectivity index (χ2v) is 9.51. The molecule has 2 bridgehead atoms. The lowest BCUT2D eigenvalue weighted by molar-refractivity contribution is -0.150. The lowest BCUT2D eigenvalue weighted by Gasteiger charge is -2.30. The SMILES string of the molecule is O=C(NC1CC2CCC1C2)C1=C[C@H](c2ccc(F)cc2)C[C@H](OCc2ccc(CO)cc2)O1. The van der Waals surface area contributed by atoms with E-state index >= 15 is 0 Å². The van der Waals surface area contributed by atoms with Gasteiger partial charge in [0.15, 0.2) is 5.76 Å². The van der Waals surface area contributed by atoms with Gasteiger partial charge in [0.1, 0.15) is 5.82 Å². The van der Waals surface area contributed by atoms with E-state index in [4.69, 9.17) is 9.47 Å². The first-order valence-electron chi connectivity index (χ1n) is 11.8. The van der Waals surface area contributed by atoms with E-state index < -0.39 is 6.29 Å². The third kappa shape index (κ3) is 5.12. The number of rotatable bonds is 7. The van der Waals surface area contributed by atoms with Gasteiger partial charge in [-0.25, -0.2) is 4.39 Å². The molecule has 3 unspecified atom stereocenters. The number of ether oxygens (including phenoxy) is 2. The van der Waals surface area contributed by atoms with Crippen LogP contribution >= 0.6 is 0 Å². The quantitative estimate of drug-likeness (QED) is 0.648. The third-order valence-electron chi connectivity index (χ3n) is 7.28. The number of carbonyl (C=O) groups excluding carboxylic acids is 1. The first-order chi connectivity index (χ1) is 16.1. The van der Waals surface area contributed by atoms with Crippen LogP contribution in [-0.2, 0) is 27.5 Å². The first kappa shape index (κ1) is 22.1. The van der Waals surface area contributed by atoms with E-state index in [1.807, 2.05) is 30.3 Å². The largest absolute Gasteiger partial charge is 0.459 e. The van der Waals surface area contributed by atoms with E-state index in [9.17, 15) is 14.3 Å². The molecule has 6 heteroatoms. The molecular formula is C27H30FNO4. The molecule has 1 amide bonds. The number of allylic oxidation sites excluding steroid dienone is 1. The van der Waals surface area contributed by atoms with Gasteiger partial charge in [0.25, 0.3) is 5.91 Å².